The molecule has 0 aromatic heterocycles. The zero-order valence-electron chi connectivity index (χ0n) is 36.3. The number of ether oxygens (including phenoxy) is 6. The van der Waals surface area contributed by atoms with Crippen molar-refractivity contribution in [3.63, 3.8) is 0 Å². The number of rotatable bonds is 15. The maximum Gasteiger partial charge on any atom is 0.475 e. The summed E-state index contributed by atoms with van der Waals surface area (Å²) in [6.07, 6.45) is -3.19. The molecule has 0 aliphatic heterocycles. The predicted octanol–water partition coefficient (Wildman–Crippen LogP) is 5.85. The Labute approximate surface area is 331 Å². The molecule has 0 radical (unpaired) electrons. The predicted molar refractivity (Wildman–Crippen MR) is 202 cm³/mol. The molecule has 20 heteroatoms. The largest absolute Gasteiger partial charge is 0.475 e. The van der Waals surface area contributed by atoms with Gasteiger partial charge in [0.25, 0.3) is 0 Å². The molecule has 56 heavy (non-hydrogen) atoms. The Bertz CT molecular complexity index is 1240. The summed E-state index contributed by atoms with van der Waals surface area (Å²) in [4.78, 5) is 77.9. The van der Waals surface area contributed by atoms with Crippen molar-refractivity contribution in [1.29, 1.82) is 0 Å². The van der Waals surface area contributed by atoms with Crippen molar-refractivity contribution in [3.05, 3.63) is 0 Å². The van der Waals surface area contributed by atoms with E-state index in [-0.39, 0.29) is 0 Å². The number of carbonyl (C=O) groups is 6. The molecular formula is C36H66N3O16P. The lowest BCUT2D eigenvalue weighted by molar-refractivity contribution is -0.158. The van der Waals surface area contributed by atoms with E-state index in [2.05, 4.69) is 16.0 Å². The van der Waals surface area contributed by atoms with Gasteiger partial charge in [-0.05, 0) is 125 Å². The molecule has 326 valence electrons. The van der Waals surface area contributed by atoms with Crippen LogP contribution in [0.2, 0.25) is 0 Å². The molecule has 0 aliphatic rings. The molecule has 19 nitrogen and oxygen atoms in total. The second-order valence-corrected chi connectivity index (χ2v) is 20.2. The van der Waals surface area contributed by atoms with E-state index in [0.29, 0.717) is 0 Å². The molecule has 0 saturated carbocycles. The molecule has 0 rings (SSSR count). The number of esters is 3. The highest BCUT2D eigenvalue weighted by Crippen LogP contribution is 2.50. The third-order valence-electron chi connectivity index (χ3n) is 5.34. The summed E-state index contributed by atoms with van der Waals surface area (Å²) < 4.78 is 63.1. The second kappa shape index (κ2) is 20.1. The Morgan fingerprint density at radius 1 is 0.375 bits per heavy atom. The molecule has 0 bridgehead atoms. The van der Waals surface area contributed by atoms with Gasteiger partial charge in [-0.3, -0.25) is 13.6 Å². The van der Waals surface area contributed by atoms with Gasteiger partial charge in [0.2, 0.25) is 0 Å². The quantitative estimate of drug-likeness (QED) is 0.0997. The van der Waals surface area contributed by atoms with Crippen molar-refractivity contribution >= 4 is 44.0 Å². The molecule has 0 spiro atoms. The summed E-state index contributed by atoms with van der Waals surface area (Å²) in [7, 11) is -5.11. The average Bonchev–Trinajstić information content (AvgIpc) is 2.89. The van der Waals surface area contributed by atoms with Gasteiger partial charge in [-0.2, -0.15) is 0 Å². The number of hydrogen-bond acceptors (Lipinski definition) is 16. The normalized spacial score (nSPS) is 15.5. The van der Waals surface area contributed by atoms with Crippen LogP contribution in [0.4, 0.5) is 14.4 Å². The number of carbonyl (C=O) groups excluding carboxylic acids is 6. The molecule has 0 fully saturated rings. The van der Waals surface area contributed by atoms with Crippen LogP contribution in [-0.2, 0) is 60.9 Å². The SMILES string of the molecule is CC(C)(C)OC(=O)NC(COP(=O)(OCC(NC(=O)OC(C)(C)C)C(=O)OC(C)(C)C)OCC(NC(=O)OC(C)(C)C)C(=O)OC(C)(C)C)C(=O)OC(C)(C)C. The van der Waals surface area contributed by atoms with Crippen LogP contribution in [-0.4, -0.2) is 108 Å². The van der Waals surface area contributed by atoms with Crippen molar-refractivity contribution in [1.82, 2.24) is 16.0 Å². The van der Waals surface area contributed by atoms with E-state index >= 15 is 0 Å². The first-order chi connectivity index (χ1) is 24.8. The van der Waals surface area contributed by atoms with Crippen LogP contribution in [0.15, 0.2) is 0 Å². The average molecular weight is 828 g/mol. The monoisotopic (exact) mass is 827 g/mol. The number of alkyl carbamates (subject to hydrolysis) is 3. The van der Waals surface area contributed by atoms with Crippen molar-refractivity contribution in [2.45, 2.75) is 176 Å². The van der Waals surface area contributed by atoms with Crippen molar-refractivity contribution in [3.8, 4) is 0 Å². The van der Waals surface area contributed by atoms with Crippen LogP contribution < -0.4 is 16.0 Å². The van der Waals surface area contributed by atoms with Crippen LogP contribution in [0.3, 0.4) is 0 Å². The zero-order chi connectivity index (χ0) is 44.3. The molecule has 0 aliphatic carbocycles. The van der Waals surface area contributed by atoms with Crippen molar-refractivity contribution in [2.24, 2.45) is 0 Å². The molecule has 3 unspecified atom stereocenters. The summed E-state index contributed by atoms with van der Waals surface area (Å²) in [5.41, 5.74) is -6.11. The number of nitrogens with one attached hydrogen (secondary N) is 3. The zero-order valence-corrected chi connectivity index (χ0v) is 37.2. The van der Waals surface area contributed by atoms with Gasteiger partial charge in [-0.15, -0.1) is 0 Å². The van der Waals surface area contributed by atoms with Crippen LogP contribution >= 0.6 is 7.82 Å². The fourth-order valence-corrected chi connectivity index (χ4v) is 4.80. The van der Waals surface area contributed by atoms with Crippen LogP contribution in [0.1, 0.15) is 125 Å². The summed E-state index contributed by atoms with van der Waals surface area (Å²) in [6.45, 7) is 25.5. The Morgan fingerprint density at radius 3 is 0.714 bits per heavy atom. The molecule has 0 heterocycles. The van der Waals surface area contributed by atoms with E-state index in [4.69, 9.17) is 42.0 Å². The van der Waals surface area contributed by atoms with Crippen LogP contribution in [0.25, 0.3) is 0 Å². The van der Waals surface area contributed by atoms with Crippen molar-refractivity contribution < 1.29 is 75.3 Å². The van der Waals surface area contributed by atoms with Crippen molar-refractivity contribution in [2.75, 3.05) is 19.8 Å². The highest BCUT2D eigenvalue weighted by Gasteiger charge is 2.39. The van der Waals surface area contributed by atoms with Gasteiger partial charge in [0.05, 0.1) is 19.8 Å². The summed E-state index contributed by atoms with van der Waals surface area (Å²) in [6, 6.07) is -5.06. The van der Waals surface area contributed by atoms with Crippen LogP contribution in [0.5, 0.6) is 0 Å². The number of hydrogen-bond donors (Lipinski definition) is 3. The Hall–Kier alpha value is -3.67. The smallest absolute Gasteiger partial charge is 0.458 e. The van der Waals surface area contributed by atoms with Gasteiger partial charge >= 0.3 is 44.0 Å². The van der Waals surface area contributed by atoms with Crippen LogP contribution in [0, 0.1) is 0 Å². The van der Waals surface area contributed by atoms with Gasteiger partial charge < -0.3 is 44.4 Å². The summed E-state index contributed by atoms with van der Waals surface area (Å²) in [5.74, 6) is -3.11. The molecule has 3 N–H and O–H groups in total. The lowest BCUT2D eigenvalue weighted by Gasteiger charge is -2.29. The molecule has 0 saturated heterocycles. The summed E-state index contributed by atoms with van der Waals surface area (Å²) >= 11 is 0. The third-order valence-corrected chi connectivity index (χ3v) is 6.74. The molecule has 3 atom stereocenters. The van der Waals surface area contributed by atoms with E-state index in [1.54, 1.807) is 125 Å². The first-order valence-corrected chi connectivity index (χ1v) is 19.4. The second-order valence-electron chi connectivity index (χ2n) is 18.5. The number of amides is 3. The van der Waals surface area contributed by atoms with E-state index in [1.165, 1.54) is 0 Å². The molecule has 0 aromatic carbocycles. The van der Waals surface area contributed by atoms with Gasteiger partial charge in [-0.25, -0.2) is 33.3 Å². The Balaban J connectivity index is 6.96. The third kappa shape index (κ3) is 26.2. The van der Waals surface area contributed by atoms with Gasteiger partial charge in [0.15, 0.2) is 18.1 Å². The van der Waals surface area contributed by atoms with E-state index in [9.17, 15) is 33.3 Å². The summed E-state index contributed by atoms with van der Waals surface area (Å²) in [5, 5.41) is 6.88. The minimum Gasteiger partial charge on any atom is -0.458 e. The minimum absolute atomic E-state index is 0.946. The fraction of sp³-hybridized carbons (Fsp3) is 0.833. The lowest BCUT2D eigenvalue weighted by atomic mass is 10.2. The van der Waals surface area contributed by atoms with Gasteiger partial charge in [0.1, 0.15) is 33.6 Å². The Kier molecular flexibility index (Phi) is 18.8. The number of phosphoric ester groups is 1. The highest BCUT2D eigenvalue weighted by atomic mass is 31.2. The van der Waals surface area contributed by atoms with E-state index in [0.717, 1.165) is 0 Å². The fourth-order valence-electron chi connectivity index (χ4n) is 3.58. The molecule has 0 aromatic rings. The lowest BCUT2D eigenvalue weighted by Crippen LogP contribution is -2.49. The van der Waals surface area contributed by atoms with E-state index < -0.39 is 116 Å². The van der Waals surface area contributed by atoms with E-state index in [1.807, 2.05) is 0 Å². The highest BCUT2D eigenvalue weighted by molar-refractivity contribution is 7.48. The molecule has 3 amide bonds. The number of phosphoric acid groups is 1. The Morgan fingerprint density at radius 2 is 0.554 bits per heavy atom. The first kappa shape index (κ1) is 52.3. The first-order valence-electron chi connectivity index (χ1n) is 18.0. The molecular weight excluding hydrogens is 761 g/mol. The van der Waals surface area contributed by atoms with Gasteiger partial charge in [-0.1, -0.05) is 0 Å². The topological polar surface area (TPSA) is 239 Å². The standard InChI is InChI=1S/C36H66N3O16P/c1-31(2,3)50-25(40)22(37-28(43)53-34(10,11)12)19-47-56(46,48-20-23(26(41)51-32(4,5)6)38-29(44)54-35(13,14)15)49-21-24(27(42)52-33(7,8)9)39-30(45)55-36(16,17)18/h22-24H,19-21H2,1-18H3,(H,37,43)(H,38,44)(H,39,45). The maximum atomic E-state index is 14.4. The van der Waals surface area contributed by atoms with Gasteiger partial charge in [0, 0.05) is 0 Å². The minimum atomic E-state index is -5.11. The maximum absolute atomic E-state index is 14.4.